The fourth-order valence-corrected chi connectivity index (χ4v) is 2.00. The highest BCUT2D eigenvalue weighted by molar-refractivity contribution is 6.34. The summed E-state index contributed by atoms with van der Waals surface area (Å²) in [4.78, 5) is 12.3. The number of nitrogens with one attached hydrogen (secondary N) is 2. The minimum absolute atomic E-state index is 0.179. The molecular weight excluding hydrogens is 260 g/mol. The maximum Gasteiger partial charge on any atom is 0.257 e. The van der Waals surface area contributed by atoms with E-state index in [1.54, 1.807) is 19.2 Å². The number of rotatable bonds is 3. The SMILES string of the molecule is CNc1ccc(C)cc1C(=O)Nc1ccccc1Cl. The summed E-state index contributed by atoms with van der Waals surface area (Å²) in [6.45, 7) is 1.95. The third kappa shape index (κ3) is 3.06. The van der Waals surface area contributed by atoms with Gasteiger partial charge in [-0.25, -0.2) is 0 Å². The summed E-state index contributed by atoms with van der Waals surface area (Å²) >= 11 is 6.03. The second-order valence-electron chi connectivity index (χ2n) is 4.23. The molecule has 0 fully saturated rings. The van der Waals surface area contributed by atoms with E-state index >= 15 is 0 Å². The molecule has 0 heterocycles. The normalized spacial score (nSPS) is 10.1. The number of para-hydroxylation sites is 1. The molecular formula is C15H15ClN2O. The molecule has 19 heavy (non-hydrogen) atoms. The monoisotopic (exact) mass is 274 g/mol. The number of benzene rings is 2. The van der Waals surface area contributed by atoms with Gasteiger partial charge in [-0.3, -0.25) is 4.79 Å². The first-order chi connectivity index (χ1) is 9.11. The Morgan fingerprint density at radius 3 is 2.53 bits per heavy atom. The Kier molecular flexibility index (Phi) is 4.07. The van der Waals surface area contributed by atoms with Gasteiger partial charge >= 0.3 is 0 Å². The minimum Gasteiger partial charge on any atom is -0.387 e. The van der Waals surface area contributed by atoms with Crippen molar-refractivity contribution >= 4 is 28.9 Å². The van der Waals surface area contributed by atoms with Gasteiger partial charge in [0.05, 0.1) is 16.3 Å². The molecule has 1 amide bonds. The van der Waals surface area contributed by atoms with Crippen LogP contribution in [0.15, 0.2) is 42.5 Å². The summed E-state index contributed by atoms with van der Waals surface area (Å²) in [6, 6.07) is 12.9. The van der Waals surface area contributed by atoms with Crippen LogP contribution in [-0.2, 0) is 0 Å². The largest absolute Gasteiger partial charge is 0.387 e. The lowest BCUT2D eigenvalue weighted by Crippen LogP contribution is -2.14. The summed E-state index contributed by atoms with van der Waals surface area (Å²) < 4.78 is 0. The molecule has 0 aromatic heterocycles. The van der Waals surface area contributed by atoms with Crippen LogP contribution in [-0.4, -0.2) is 13.0 Å². The van der Waals surface area contributed by atoms with Gasteiger partial charge in [0.15, 0.2) is 0 Å². The van der Waals surface area contributed by atoms with Crippen LogP contribution in [0.5, 0.6) is 0 Å². The lowest BCUT2D eigenvalue weighted by molar-refractivity contribution is 0.102. The topological polar surface area (TPSA) is 41.1 Å². The van der Waals surface area contributed by atoms with Crippen molar-refractivity contribution in [3.8, 4) is 0 Å². The van der Waals surface area contributed by atoms with Gasteiger partial charge in [-0.05, 0) is 31.2 Å². The maximum atomic E-state index is 12.3. The molecule has 98 valence electrons. The van der Waals surface area contributed by atoms with Crippen LogP contribution < -0.4 is 10.6 Å². The lowest BCUT2D eigenvalue weighted by Gasteiger charge is -2.11. The predicted octanol–water partition coefficient (Wildman–Crippen LogP) is 3.94. The fraction of sp³-hybridized carbons (Fsp3) is 0.133. The van der Waals surface area contributed by atoms with Crippen molar-refractivity contribution in [3.05, 3.63) is 58.6 Å². The second-order valence-corrected chi connectivity index (χ2v) is 4.64. The van der Waals surface area contributed by atoms with Crippen molar-refractivity contribution in [2.24, 2.45) is 0 Å². The molecule has 0 radical (unpaired) electrons. The Hall–Kier alpha value is -2.00. The molecule has 2 aromatic rings. The molecule has 0 spiro atoms. The predicted molar refractivity (Wildman–Crippen MR) is 80.1 cm³/mol. The summed E-state index contributed by atoms with van der Waals surface area (Å²) in [5.74, 6) is -0.179. The van der Waals surface area contributed by atoms with Gasteiger partial charge in [0, 0.05) is 12.7 Å². The van der Waals surface area contributed by atoms with E-state index in [0.29, 0.717) is 16.3 Å². The molecule has 2 rings (SSSR count). The number of amides is 1. The average Bonchev–Trinajstić information content (AvgIpc) is 2.41. The van der Waals surface area contributed by atoms with Gasteiger partial charge in [-0.15, -0.1) is 0 Å². The number of aryl methyl sites for hydroxylation is 1. The Labute approximate surface area is 117 Å². The Morgan fingerprint density at radius 1 is 1.11 bits per heavy atom. The van der Waals surface area contributed by atoms with E-state index < -0.39 is 0 Å². The van der Waals surface area contributed by atoms with Gasteiger partial charge in [-0.1, -0.05) is 35.4 Å². The van der Waals surface area contributed by atoms with Crippen LogP contribution >= 0.6 is 11.6 Å². The first-order valence-corrected chi connectivity index (χ1v) is 6.34. The molecule has 3 nitrogen and oxygen atoms in total. The molecule has 0 saturated carbocycles. The van der Waals surface area contributed by atoms with Gasteiger partial charge in [-0.2, -0.15) is 0 Å². The first-order valence-electron chi connectivity index (χ1n) is 5.96. The molecule has 0 saturated heterocycles. The number of carbonyl (C=O) groups excluding carboxylic acids is 1. The number of anilines is 2. The van der Waals surface area contributed by atoms with Crippen molar-refractivity contribution < 1.29 is 4.79 Å². The zero-order chi connectivity index (χ0) is 13.8. The smallest absolute Gasteiger partial charge is 0.257 e. The Morgan fingerprint density at radius 2 is 1.84 bits per heavy atom. The van der Waals surface area contributed by atoms with E-state index in [9.17, 15) is 4.79 Å². The highest BCUT2D eigenvalue weighted by Gasteiger charge is 2.12. The van der Waals surface area contributed by atoms with E-state index in [-0.39, 0.29) is 5.91 Å². The summed E-state index contributed by atoms with van der Waals surface area (Å²) in [5.41, 5.74) is 3.03. The average molecular weight is 275 g/mol. The van der Waals surface area contributed by atoms with Crippen LogP contribution in [0.1, 0.15) is 15.9 Å². The number of carbonyl (C=O) groups is 1. The van der Waals surface area contributed by atoms with E-state index in [1.807, 2.05) is 37.3 Å². The third-order valence-electron chi connectivity index (χ3n) is 2.81. The summed E-state index contributed by atoms with van der Waals surface area (Å²) in [5, 5.41) is 6.35. The van der Waals surface area contributed by atoms with Gasteiger partial charge in [0.1, 0.15) is 0 Å². The summed E-state index contributed by atoms with van der Waals surface area (Å²) in [6.07, 6.45) is 0. The van der Waals surface area contributed by atoms with Gasteiger partial charge < -0.3 is 10.6 Å². The minimum atomic E-state index is -0.179. The molecule has 0 atom stereocenters. The van der Waals surface area contributed by atoms with Crippen LogP contribution in [0.4, 0.5) is 11.4 Å². The van der Waals surface area contributed by atoms with Crippen molar-refractivity contribution in [1.29, 1.82) is 0 Å². The number of hydrogen-bond donors (Lipinski definition) is 2. The Bertz CT molecular complexity index is 611. The van der Waals surface area contributed by atoms with Crippen molar-refractivity contribution in [1.82, 2.24) is 0 Å². The van der Waals surface area contributed by atoms with Crippen molar-refractivity contribution in [2.75, 3.05) is 17.7 Å². The van der Waals surface area contributed by atoms with E-state index in [0.717, 1.165) is 11.3 Å². The van der Waals surface area contributed by atoms with Gasteiger partial charge in [0.2, 0.25) is 0 Å². The van der Waals surface area contributed by atoms with E-state index in [4.69, 9.17) is 11.6 Å². The Balaban J connectivity index is 2.30. The third-order valence-corrected chi connectivity index (χ3v) is 3.14. The van der Waals surface area contributed by atoms with Crippen molar-refractivity contribution in [2.45, 2.75) is 6.92 Å². The summed E-state index contributed by atoms with van der Waals surface area (Å²) in [7, 11) is 1.79. The van der Waals surface area contributed by atoms with Crippen LogP contribution in [0, 0.1) is 6.92 Å². The first kappa shape index (κ1) is 13.4. The highest BCUT2D eigenvalue weighted by Crippen LogP contribution is 2.23. The lowest BCUT2D eigenvalue weighted by atomic mass is 10.1. The highest BCUT2D eigenvalue weighted by atomic mass is 35.5. The second kappa shape index (κ2) is 5.76. The molecule has 2 aromatic carbocycles. The molecule has 0 unspecified atom stereocenters. The quantitative estimate of drug-likeness (QED) is 0.890. The zero-order valence-corrected chi connectivity index (χ0v) is 11.6. The van der Waals surface area contributed by atoms with Gasteiger partial charge in [0.25, 0.3) is 5.91 Å². The van der Waals surface area contributed by atoms with E-state index in [2.05, 4.69) is 10.6 Å². The van der Waals surface area contributed by atoms with Crippen LogP contribution in [0.25, 0.3) is 0 Å². The molecule has 0 bridgehead atoms. The molecule has 0 aliphatic rings. The zero-order valence-electron chi connectivity index (χ0n) is 10.8. The molecule has 0 aliphatic carbocycles. The van der Waals surface area contributed by atoms with Crippen LogP contribution in [0.2, 0.25) is 5.02 Å². The standard InChI is InChI=1S/C15H15ClN2O/c1-10-7-8-13(17-2)11(9-10)15(19)18-14-6-4-3-5-12(14)16/h3-9,17H,1-2H3,(H,18,19). The fourth-order valence-electron chi connectivity index (χ4n) is 1.82. The number of hydrogen-bond acceptors (Lipinski definition) is 2. The van der Waals surface area contributed by atoms with E-state index in [1.165, 1.54) is 0 Å². The molecule has 0 aliphatic heterocycles. The maximum absolute atomic E-state index is 12.3. The van der Waals surface area contributed by atoms with Crippen LogP contribution in [0.3, 0.4) is 0 Å². The number of halogens is 1. The molecule has 2 N–H and O–H groups in total. The molecule has 4 heteroatoms. The van der Waals surface area contributed by atoms with Crippen molar-refractivity contribution in [3.63, 3.8) is 0 Å².